The van der Waals surface area contributed by atoms with Crippen molar-refractivity contribution in [2.24, 2.45) is 0 Å². The highest BCUT2D eigenvalue weighted by Gasteiger charge is 2.18. The van der Waals surface area contributed by atoms with Crippen LogP contribution in [0.15, 0.2) is 114 Å². The number of para-hydroxylation sites is 1. The Morgan fingerprint density at radius 3 is 2.39 bits per heavy atom. The molecule has 0 saturated carbocycles. The minimum atomic E-state index is -0.483. The summed E-state index contributed by atoms with van der Waals surface area (Å²) in [7, 11) is 1.54. The molecule has 1 heterocycles. The molecule has 10 heteroatoms. The molecule has 0 aliphatic heterocycles. The molecular formula is C34H29ClN4O4S. The fraction of sp³-hybridized carbons (Fsp3) is 0.0882. The van der Waals surface area contributed by atoms with Crippen LogP contribution in [0.4, 0.5) is 11.4 Å². The summed E-state index contributed by atoms with van der Waals surface area (Å²) < 4.78 is 5.21. The van der Waals surface area contributed by atoms with Gasteiger partial charge in [-0.2, -0.15) is 0 Å². The Kier molecular flexibility index (Phi) is 9.69. The Balaban J connectivity index is 1.28. The number of fused-ring (bicyclic) bond motifs is 1. The fourth-order valence-corrected chi connectivity index (χ4v) is 5.38. The van der Waals surface area contributed by atoms with E-state index in [1.54, 1.807) is 80.9 Å². The molecule has 1 atom stereocenters. The fourth-order valence-electron chi connectivity index (χ4n) is 4.35. The third-order valence-electron chi connectivity index (χ3n) is 6.68. The molecular weight excluding hydrogens is 596 g/mol. The zero-order chi connectivity index (χ0) is 31.1. The van der Waals surface area contributed by atoms with Crippen LogP contribution in [0.5, 0.6) is 5.75 Å². The molecule has 5 aromatic rings. The molecule has 5 rings (SSSR count). The second-order valence-electron chi connectivity index (χ2n) is 9.74. The highest BCUT2D eigenvalue weighted by Crippen LogP contribution is 2.30. The molecule has 0 spiro atoms. The first kappa shape index (κ1) is 30.5. The quantitative estimate of drug-likeness (QED) is 0.0958. The van der Waals surface area contributed by atoms with Gasteiger partial charge in [0.2, 0.25) is 5.91 Å². The smallest absolute Gasteiger partial charge is 0.272 e. The van der Waals surface area contributed by atoms with Crippen LogP contribution in [-0.2, 0) is 9.59 Å². The Morgan fingerprint density at radius 1 is 0.909 bits per heavy atom. The zero-order valence-electron chi connectivity index (χ0n) is 23.9. The summed E-state index contributed by atoms with van der Waals surface area (Å²) in [6, 6.07) is 28.6. The normalized spacial score (nSPS) is 11.9. The SMILES string of the molecule is COc1ccc(Cl)c(NC(=O)[C@@H](C)Sc2ccc(NC(=O)/C(=C\c3c[nH]c4ccccc34)NC(=O)c3ccccc3)cc2)c1. The van der Waals surface area contributed by atoms with Gasteiger partial charge >= 0.3 is 0 Å². The molecule has 8 nitrogen and oxygen atoms in total. The van der Waals surface area contributed by atoms with Crippen molar-refractivity contribution < 1.29 is 19.1 Å². The predicted molar refractivity (Wildman–Crippen MR) is 177 cm³/mol. The van der Waals surface area contributed by atoms with E-state index < -0.39 is 17.1 Å². The maximum atomic E-state index is 13.5. The van der Waals surface area contributed by atoms with E-state index in [2.05, 4.69) is 20.9 Å². The molecule has 4 aromatic carbocycles. The standard InChI is InChI=1S/C34H29ClN4O4S/c1-21(32(40)38-30-19-25(43-2)14-17-28(30)35)44-26-15-12-24(13-16-26)37-34(42)31(39-33(41)22-8-4-3-5-9-22)18-23-20-36-29-11-7-6-10-27(23)29/h3-21,36H,1-2H3,(H,37,42)(H,38,40)(H,39,41)/b31-18+/t21-/m1/s1. The Hall–Kier alpha value is -4.99. The molecule has 44 heavy (non-hydrogen) atoms. The second-order valence-corrected chi connectivity index (χ2v) is 11.6. The van der Waals surface area contributed by atoms with Crippen molar-refractivity contribution in [3.8, 4) is 5.75 Å². The summed E-state index contributed by atoms with van der Waals surface area (Å²) in [4.78, 5) is 43.3. The molecule has 3 amide bonds. The van der Waals surface area contributed by atoms with Gasteiger partial charge in [0, 0.05) is 44.9 Å². The first-order chi connectivity index (χ1) is 21.3. The number of carbonyl (C=O) groups is 3. The van der Waals surface area contributed by atoms with Gasteiger partial charge in [0.1, 0.15) is 11.4 Å². The van der Waals surface area contributed by atoms with Gasteiger partial charge in [0.25, 0.3) is 11.8 Å². The summed E-state index contributed by atoms with van der Waals surface area (Å²) in [6.07, 6.45) is 3.44. The Bertz CT molecular complexity index is 1840. The molecule has 0 saturated heterocycles. The lowest BCUT2D eigenvalue weighted by molar-refractivity contribution is -0.115. The van der Waals surface area contributed by atoms with Gasteiger partial charge < -0.3 is 25.7 Å². The summed E-state index contributed by atoms with van der Waals surface area (Å²) in [6.45, 7) is 1.79. The van der Waals surface area contributed by atoms with E-state index >= 15 is 0 Å². The maximum absolute atomic E-state index is 13.5. The molecule has 0 bridgehead atoms. The number of rotatable bonds is 10. The summed E-state index contributed by atoms with van der Waals surface area (Å²) >= 11 is 7.59. The van der Waals surface area contributed by atoms with Gasteiger partial charge in [-0.1, -0.05) is 48.0 Å². The van der Waals surface area contributed by atoms with E-state index in [1.807, 2.05) is 42.5 Å². The molecule has 222 valence electrons. The third-order valence-corrected chi connectivity index (χ3v) is 8.12. The van der Waals surface area contributed by atoms with Gasteiger partial charge in [-0.15, -0.1) is 11.8 Å². The number of methoxy groups -OCH3 is 1. The number of thioether (sulfide) groups is 1. The largest absolute Gasteiger partial charge is 0.497 e. The van der Waals surface area contributed by atoms with Gasteiger partial charge in [0.15, 0.2) is 0 Å². The number of H-pyrrole nitrogens is 1. The predicted octanol–water partition coefficient (Wildman–Crippen LogP) is 7.36. The Labute approximate surface area is 263 Å². The minimum Gasteiger partial charge on any atom is -0.497 e. The zero-order valence-corrected chi connectivity index (χ0v) is 25.5. The van der Waals surface area contributed by atoms with Crippen LogP contribution in [-0.4, -0.2) is 35.1 Å². The van der Waals surface area contributed by atoms with E-state index in [0.29, 0.717) is 27.7 Å². The van der Waals surface area contributed by atoms with E-state index in [1.165, 1.54) is 11.8 Å². The van der Waals surface area contributed by atoms with Crippen molar-refractivity contribution in [3.05, 3.63) is 125 Å². The van der Waals surface area contributed by atoms with E-state index in [-0.39, 0.29) is 11.6 Å². The molecule has 4 N–H and O–H groups in total. The lowest BCUT2D eigenvalue weighted by Gasteiger charge is -2.14. The number of ether oxygens (including phenoxy) is 1. The molecule has 0 radical (unpaired) electrons. The lowest BCUT2D eigenvalue weighted by atomic mass is 10.1. The van der Waals surface area contributed by atoms with Crippen molar-refractivity contribution in [3.63, 3.8) is 0 Å². The molecule has 0 fully saturated rings. The van der Waals surface area contributed by atoms with Crippen molar-refractivity contribution in [2.45, 2.75) is 17.1 Å². The number of hydrogen-bond donors (Lipinski definition) is 4. The van der Waals surface area contributed by atoms with Crippen LogP contribution in [0.1, 0.15) is 22.8 Å². The maximum Gasteiger partial charge on any atom is 0.272 e. The topological polar surface area (TPSA) is 112 Å². The summed E-state index contributed by atoms with van der Waals surface area (Å²) in [5.41, 5.74) is 3.18. The van der Waals surface area contributed by atoms with Crippen LogP contribution >= 0.6 is 23.4 Å². The molecule has 0 aliphatic rings. The average molecular weight is 625 g/mol. The lowest BCUT2D eigenvalue weighted by Crippen LogP contribution is -2.30. The highest BCUT2D eigenvalue weighted by molar-refractivity contribution is 8.00. The van der Waals surface area contributed by atoms with Crippen LogP contribution in [0.2, 0.25) is 5.02 Å². The van der Waals surface area contributed by atoms with Crippen molar-refractivity contribution in [1.29, 1.82) is 0 Å². The number of halogens is 1. The first-order valence-corrected chi connectivity index (χ1v) is 14.9. The summed E-state index contributed by atoms with van der Waals surface area (Å²) in [5, 5.41) is 9.37. The molecule has 0 unspecified atom stereocenters. The number of aromatic nitrogens is 1. The summed E-state index contributed by atoms with van der Waals surface area (Å²) in [5.74, 6) is -0.519. The minimum absolute atomic E-state index is 0.0866. The third kappa shape index (κ3) is 7.50. The monoisotopic (exact) mass is 624 g/mol. The number of benzene rings is 4. The van der Waals surface area contributed by atoms with Gasteiger partial charge in [-0.05, 0) is 67.6 Å². The number of hydrogen-bond acceptors (Lipinski definition) is 5. The van der Waals surface area contributed by atoms with Crippen molar-refractivity contribution in [1.82, 2.24) is 10.3 Å². The van der Waals surface area contributed by atoms with Crippen LogP contribution in [0.3, 0.4) is 0 Å². The van der Waals surface area contributed by atoms with Crippen LogP contribution in [0, 0.1) is 0 Å². The Morgan fingerprint density at radius 2 is 1.64 bits per heavy atom. The molecule has 0 aliphatic carbocycles. The molecule has 1 aromatic heterocycles. The van der Waals surface area contributed by atoms with Gasteiger partial charge in [0.05, 0.1) is 23.1 Å². The first-order valence-electron chi connectivity index (χ1n) is 13.7. The van der Waals surface area contributed by atoms with Crippen molar-refractivity contribution >= 4 is 69.4 Å². The van der Waals surface area contributed by atoms with E-state index in [0.717, 1.165) is 21.4 Å². The highest BCUT2D eigenvalue weighted by atomic mass is 35.5. The number of nitrogens with one attached hydrogen (secondary N) is 4. The van der Waals surface area contributed by atoms with E-state index in [9.17, 15) is 14.4 Å². The van der Waals surface area contributed by atoms with Crippen LogP contribution in [0.25, 0.3) is 17.0 Å². The van der Waals surface area contributed by atoms with E-state index in [4.69, 9.17) is 16.3 Å². The average Bonchev–Trinajstić information content (AvgIpc) is 3.45. The van der Waals surface area contributed by atoms with Gasteiger partial charge in [-0.3, -0.25) is 14.4 Å². The van der Waals surface area contributed by atoms with Crippen molar-refractivity contribution in [2.75, 3.05) is 17.7 Å². The number of anilines is 2. The number of aromatic amines is 1. The van der Waals surface area contributed by atoms with Crippen LogP contribution < -0.4 is 20.7 Å². The number of amides is 3. The van der Waals surface area contributed by atoms with Gasteiger partial charge in [-0.25, -0.2) is 0 Å². The number of carbonyl (C=O) groups excluding carboxylic acids is 3. The second kappa shape index (κ2) is 14.0.